The van der Waals surface area contributed by atoms with Gasteiger partial charge in [0.2, 0.25) is 0 Å². The molecule has 3 N–H and O–H groups in total. The predicted octanol–water partition coefficient (Wildman–Crippen LogP) is 1.75. The third kappa shape index (κ3) is 2.51. The topological polar surface area (TPSA) is 73.1 Å². The monoisotopic (exact) mass is 230 g/mol. The molecule has 1 heterocycles. The Morgan fingerprint density at radius 1 is 1.18 bits per heavy atom. The van der Waals surface area contributed by atoms with Crippen molar-refractivity contribution in [3.8, 4) is 17.0 Å². The molecule has 0 amide bonds. The highest BCUT2D eigenvalue weighted by molar-refractivity contribution is 5.63. The number of nitrogens with one attached hydrogen (secondary N) is 1. The average molecular weight is 230 g/mol. The van der Waals surface area contributed by atoms with Crippen molar-refractivity contribution in [2.24, 2.45) is 5.84 Å². The first-order valence-electron chi connectivity index (χ1n) is 5.19. The van der Waals surface area contributed by atoms with E-state index in [1.54, 1.807) is 13.2 Å². The van der Waals surface area contributed by atoms with E-state index in [1.165, 1.54) is 0 Å². The number of methoxy groups -OCH3 is 1. The first kappa shape index (κ1) is 11.3. The van der Waals surface area contributed by atoms with Crippen molar-refractivity contribution in [1.82, 2.24) is 9.97 Å². The SMILES string of the molecule is COc1ccc(-c2cc(NN)nc(C)n2)cc1. The van der Waals surface area contributed by atoms with Crippen LogP contribution in [0.15, 0.2) is 30.3 Å². The maximum atomic E-state index is 5.35. The fraction of sp³-hybridized carbons (Fsp3) is 0.167. The van der Waals surface area contributed by atoms with E-state index in [-0.39, 0.29) is 0 Å². The van der Waals surface area contributed by atoms with Crippen molar-refractivity contribution in [3.63, 3.8) is 0 Å². The zero-order chi connectivity index (χ0) is 12.3. The molecule has 0 aliphatic heterocycles. The van der Waals surface area contributed by atoms with Crippen LogP contribution in [0, 0.1) is 6.92 Å². The van der Waals surface area contributed by atoms with Gasteiger partial charge in [0.1, 0.15) is 17.4 Å². The number of hydrogen-bond donors (Lipinski definition) is 2. The lowest BCUT2D eigenvalue weighted by Gasteiger charge is -2.06. The number of nitrogens with two attached hydrogens (primary N) is 1. The van der Waals surface area contributed by atoms with Gasteiger partial charge in [0.05, 0.1) is 12.8 Å². The number of nitrogens with zero attached hydrogens (tertiary/aromatic N) is 2. The Bertz CT molecular complexity index is 510. The number of aromatic nitrogens is 2. The van der Waals surface area contributed by atoms with Crippen molar-refractivity contribution in [2.45, 2.75) is 6.92 Å². The first-order valence-corrected chi connectivity index (χ1v) is 5.19. The van der Waals surface area contributed by atoms with Gasteiger partial charge >= 0.3 is 0 Å². The highest BCUT2D eigenvalue weighted by Gasteiger charge is 2.03. The second kappa shape index (κ2) is 4.80. The Labute approximate surface area is 99.6 Å². The normalized spacial score (nSPS) is 10.1. The maximum Gasteiger partial charge on any atom is 0.144 e. The molecular formula is C12H14N4O. The summed E-state index contributed by atoms with van der Waals surface area (Å²) in [5.74, 6) is 7.44. The van der Waals surface area contributed by atoms with E-state index < -0.39 is 0 Å². The van der Waals surface area contributed by atoms with Crippen molar-refractivity contribution in [3.05, 3.63) is 36.2 Å². The molecule has 0 spiro atoms. The van der Waals surface area contributed by atoms with Crippen molar-refractivity contribution < 1.29 is 4.74 Å². The molecule has 2 aromatic rings. The highest BCUT2D eigenvalue weighted by Crippen LogP contribution is 2.22. The molecule has 0 unspecified atom stereocenters. The molecule has 0 fully saturated rings. The van der Waals surface area contributed by atoms with Crippen LogP contribution in [-0.4, -0.2) is 17.1 Å². The van der Waals surface area contributed by atoms with E-state index in [1.807, 2.05) is 31.2 Å². The molecule has 0 aliphatic rings. The summed E-state index contributed by atoms with van der Waals surface area (Å²) in [6.45, 7) is 1.83. The van der Waals surface area contributed by atoms with Gasteiger partial charge in [0.15, 0.2) is 0 Å². The van der Waals surface area contributed by atoms with Crippen LogP contribution in [0.4, 0.5) is 5.82 Å². The molecule has 0 saturated carbocycles. The zero-order valence-electron chi connectivity index (χ0n) is 9.77. The Kier molecular flexibility index (Phi) is 3.20. The number of nitrogen functional groups attached to an aromatic ring is 1. The maximum absolute atomic E-state index is 5.35. The standard InChI is InChI=1S/C12H14N4O/c1-8-14-11(7-12(15-8)16-13)9-3-5-10(17-2)6-4-9/h3-7H,13H2,1-2H3,(H,14,15,16). The minimum absolute atomic E-state index is 0.600. The summed E-state index contributed by atoms with van der Waals surface area (Å²) in [5.41, 5.74) is 4.34. The molecule has 17 heavy (non-hydrogen) atoms. The quantitative estimate of drug-likeness (QED) is 0.620. The first-order chi connectivity index (χ1) is 8.22. The lowest BCUT2D eigenvalue weighted by molar-refractivity contribution is 0.415. The Balaban J connectivity index is 2.41. The summed E-state index contributed by atoms with van der Waals surface area (Å²) in [5, 5.41) is 0. The Hall–Kier alpha value is -2.14. The Morgan fingerprint density at radius 2 is 1.88 bits per heavy atom. The summed E-state index contributed by atoms with van der Waals surface area (Å²) >= 11 is 0. The van der Waals surface area contributed by atoms with E-state index in [4.69, 9.17) is 10.6 Å². The number of rotatable bonds is 3. The highest BCUT2D eigenvalue weighted by atomic mass is 16.5. The van der Waals surface area contributed by atoms with Crippen molar-refractivity contribution in [1.29, 1.82) is 0 Å². The van der Waals surface area contributed by atoms with E-state index >= 15 is 0 Å². The molecular weight excluding hydrogens is 216 g/mol. The summed E-state index contributed by atoms with van der Waals surface area (Å²) < 4.78 is 5.11. The van der Waals surface area contributed by atoms with Gasteiger partial charge in [-0.05, 0) is 31.2 Å². The van der Waals surface area contributed by atoms with Crippen LogP contribution in [0.25, 0.3) is 11.3 Å². The molecule has 5 nitrogen and oxygen atoms in total. The van der Waals surface area contributed by atoms with E-state index in [0.29, 0.717) is 11.6 Å². The number of anilines is 1. The third-order valence-electron chi connectivity index (χ3n) is 2.37. The number of ether oxygens (including phenoxy) is 1. The van der Waals surface area contributed by atoms with E-state index in [2.05, 4.69) is 15.4 Å². The van der Waals surface area contributed by atoms with Crippen molar-refractivity contribution in [2.75, 3.05) is 12.5 Å². The smallest absolute Gasteiger partial charge is 0.144 e. The van der Waals surface area contributed by atoms with E-state index in [9.17, 15) is 0 Å². The van der Waals surface area contributed by atoms with Crippen LogP contribution in [-0.2, 0) is 0 Å². The second-order valence-electron chi connectivity index (χ2n) is 3.56. The van der Waals surface area contributed by atoms with Crippen LogP contribution >= 0.6 is 0 Å². The van der Waals surface area contributed by atoms with Gasteiger partial charge in [-0.3, -0.25) is 0 Å². The fourth-order valence-electron chi connectivity index (χ4n) is 1.55. The minimum Gasteiger partial charge on any atom is -0.497 e. The molecule has 88 valence electrons. The number of aryl methyl sites for hydroxylation is 1. The lowest BCUT2D eigenvalue weighted by Crippen LogP contribution is -2.09. The van der Waals surface area contributed by atoms with Crippen molar-refractivity contribution >= 4 is 5.82 Å². The average Bonchev–Trinajstić information content (AvgIpc) is 2.38. The van der Waals surface area contributed by atoms with Gasteiger partial charge < -0.3 is 10.2 Å². The molecule has 2 rings (SSSR count). The van der Waals surface area contributed by atoms with Crippen LogP contribution < -0.4 is 16.0 Å². The fourth-order valence-corrected chi connectivity index (χ4v) is 1.55. The van der Waals surface area contributed by atoms with Gasteiger partial charge in [-0.1, -0.05) is 0 Å². The summed E-state index contributed by atoms with van der Waals surface area (Å²) in [6.07, 6.45) is 0. The predicted molar refractivity (Wildman–Crippen MR) is 66.6 cm³/mol. The van der Waals surface area contributed by atoms with Gasteiger partial charge in [-0.15, -0.1) is 0 Å². The van der Waals surface area contributed by atoms with Gasteiger partial charge in [-0.25, -0.2) is 15.8 Å². The van der Waals surface area contributed by atoms with Gasteiger partial charge in [-0.2, -0.15) is 0 Å². The van der Waals surface area contributed by atoms with Crippen LogP contribution in [0.1, 0.15) is 5.82 Å². The molecule has 0 bridgehead atoms. The van der Waals surface area contributed by atoms with Gasteiger partial charge in [0, 0.05) is 11.6 Å². The zero-order valence-corrected chi connectivity index (χ0v) is 9.77. The lowest BCUT2D eigenvalue weighted by atomic mass is 10.1. The van der Waals surface area contributed by atoms with E-state index in [0.717, 1.165) is 17.0 Å². The van der Waals surface area contributed by atoms with Crippen LogP contribution in [0.3, 0.4) is 0 Å². The molecule has 0 saturated heterocycles. The Morgan fingerprint density at radius 3 is 2.47 bits per heavy atom. The number of hydrogen-bond acceptors (Lipinski definition) is 5. The molecule has 0 atom stereocenters. The third-order valence-corrected chi connectivity index (χ3v) is 2.37. The molecule has 0 radical (unpaired) electrons. The van der Waals surface area contributed by atoms with Gasteiger partial charge in [0.25, 0.3) is 0 Å². The molecule has 5 heteroatoms. The van der Waals surface area contributed by atoms with Crippen LogP contribution in [0.2, 0.25) is 0 Å². The molecule has 0 aliphatic carbocycles. The molecule has 1 aromatic carbocycles. The van der Waals surface area contributed by atoms with Crippen LogP contribution in [0.5, 0.6) is 5.75 Å². The largest absolute Gasteiger partial charge is 0.497 e. The minimum atomic E-state index is 0.600. The number of hydrazine groups is 1. The summed E-state index contributed by atoms with van der Waals surface area (Å²) in [4.78, 5) is 8.50. The molecule has 1 aromatic heterocycles. The second-order valence-corrected chi connectivity index (χ2v) is 3.56. The summed E-state index contributed by atoms with van der Waals surface area (Å²) in [7, 11) is 1.64. The summed E-state index contributed by atoms with van der Waals surface area (Å²) in [6, 6.07) is 9.47. The number of benzene rings is 1.